The first kappa shape index (κ1) is 15.2. The molecule has 23 heavy (non-hydrogen) atoms. The first-order chi connectivity index (χ1) is 11.1. The molecule has 3 aromatic rings. The number of nitrogens with zero attached hydrogens (tertiary/aromatic N) is 1. The van der Waals surface area contributed by atoms with E-state index in [1.807, 2.05) is 24.3 Å². The number of benzene rings is 1. The van der Waals surface area contributed by atoms with Crippen molar-refractivity contribution < 1.29 is 0 Å². The molecule has 2 aromatic carbocycles. The Hall–Kier alpha value is -2.66. The van der Waals surface area contributed by atoms with Crippen LogP contribution in [0.2, 0.25) is 5.02 Å². The monoisotopic (exact) mass is 327 g/mol. The van der Waals surface area contributed by atoms with E-state index in [0.717, 1.165) is 11.1 Å². The summed E-state index contributed by atoms with van der Waals surface area (Å²) in [6, 6.07) is 11.0. The van der Waals surface area contributed by atoms with Gasteiger partial charge in [-0.2, -0.15) is 0 Å². The molecular weight excluding hydrogens is 314 g/mol. The van der Waals surface area contributed by atoms with E-state index in [0.29, 0.717) is 29.5 Å². The molecule has 0 radical (unpaired) electrons. The highest BCUT2D eigenvalue weighted by Gasteiger charge is 2.20. The molecule has 0 saturated carbocycles. The number of rotatable bonds is 6. The summed E-state index contributed by atoms with van der Waals surface area (Å²) in [6.45, 7) is 0.912. The Balaban J connectivity index is 1.66. The zero-order chi connectivity index (χ0) is 16.2. The minimum Gasteiger partial charge on any atom is -0.376 e. The Labute approximate surface area is 137 Å². The third-order valence-electron chi connectivity index (χ3n) is 3.51. The van der Waals surface area contributed by atoms with E-state index in [9.17, 15) is 9.59 Å². The summed E-state index contributed by atoms with van der Waals surface area (Å²) in [5.41, 5.74) is 1.65. The third kappa shape index (κ3) is 3.40. The molecule has 0 atom stereocenters. The lowest BCUT2D eigenvalue weighted by Crippen LogP contribution is -2.37. The number of hydrogen-bond donors (Lipinski definition) is 2. The standard InChI is InChI=1S/C17H14ClN3O2/c18-13-3-1-11(2-4-13)9-20-14-15(17(23)16(14)22)21-10-12-5-7-19-8-6-12/h1-8,20-21H,9-10H2. The molecule has 1 heterocycles. The Kier molecular flexibility index (Phi) is 4.39. The van der Waals surface area contributed by atoms with Gasteiger partial charge in [0.2, 0.25) is 0 Å². The molecule has 1 aromatic heterocycles. The van der Waals surface area contributed by atoms with Crippen molar-refractivity contribution in [2.45, 2.75) is 13.1 Å². The number of hydrogen-bond acceptors (Lipinski definition) is 5. The highest BCUT2D eigenvalue weighted by molar-refractivity contribution is 6.30. The van der Waals surface area contributed by atoms with E-state index >= 15 is 0 Å². The number of aromatic nitrogens is 1. The van der Waals surface area contributed by atoms with Gasteiger partial charge in [0.15, 0.2) is 0 Å². The predicted molar refractivity (Wildman–Crippen MR) is 91.7 cm³/mol. The van der Waals surface area contributed by atoms with Crippen molar-refractivity contribution in [2.24, 2.45) is 0 Å². The van der Waals surface area contributed by atoms with Crippen LogP contribution >= 0.6 is 11.6 Å². The van der Waals surface area contributed by atoms with Crippen LogP contribution < -0.4 is 21.5 Å². The molecule has 0 aliphatic heterocycles. The number of anilines is 2. The summed E-state index contributed by atoms with van der Waals surface area (Å²) in [4.78, 5) is 27.4. The van der Waals surface area contributed by atoms with Gasteiger partial charge in [-0.25, -0.2) is 0 Å². The van der Waals surface area contributed by atoms with Gasteiger partial charge >= 0.3 is 0 Å². The van der Waals surface area contributed by atoms with Gasteiger partial charge in [0.25, 0.3) is 10.9 Å². The topological polar surface area (TPSA) is 71.1 Å². The summed E-state index contributed by atoms with van der Waals surface area (Å²) in [7, 11) is 0. The second kappa shape index (κ2) is 6.62. The minimum absolute atomic E-state index is 0.332. The maximum absolute atomic E-state index is 11.7. The van der Waals surface area contributed by atoms with Crippen LogP contribution in [0.1, 0.15) is 11.1 Å². The molecule has 3 rings (SSSR count). The summed E-state index contributed by atoms with van der Waals surface area (Å²) >= 11 is 5.83. The number of pyridine rings is 1. The smallest absolute Gasteiger partial charge is 0.253 e. The molecule has 0 unspecified atom stereocenters. The van der Waals surface area contributed by atoms with E-state index in [1.165, 1.54) is 0 Å². The Morgan fingerprint density at radius 3 is 1.78 bits per heavy atom. The first-order valence-corrected chi connectivity index (χ1v) is 7.47. The molecule has 0 bridgehead atoms. The minimum atomic E-state index is -0.490. The third-order valence-corrected chi connectivity index (χ3v) is 3.76. The molecule has 5 nitrogen and oxygen atoms in total. The van der Waals surface area contributed by atoms with Gasteiger partial charge in [0.05, 0.1) is 0 Å². The summed E-state index contributed by atoms with van der Waals surface area (Å²) in [5, 5.41) is 6.68. The van der Waals surface area contributed by atoms with E-state index in [2.05, 4.69) is 15.6 Å². The maximum Gasteiger partial charge on any atom is 0.253 e. The zero-order valence-corrected chi connectivity index (χ0v) is 12.9. The average molecular weight is 328 g/mol. The second-order valence-corrected chi connectivity index (χ2v) is 5.53. The van der Waals surface area contributed by atoms with Crippen LogP contribution in [0.4, 0.5) is 11.4 Å². The second-order valence-electron chi connectivity index (χ2n) is 5.10. The lowest BCUT2D eigenvalue weighted by molar-refractivity contribution is 1.08. The van der Waals surface area contributed by atoms with Crippen LogP contribution in [0, 0.1) is 0 Å². The SMILES string of the molecule is O=c1c(NCc2ccncc2)c(NCc2ccc(Cl)cc2)c1=O. The normalized spacial score (nSPS) is 10.7. The van der Waals surface area contributed by atoms with Gasteiger partial charge in [0.1, 0.15) is 11.4 Å². The fraction of sp³-hybridized carbons (Fsp3) is 0.118. The number of nitrogens with one attached hydrogen (secondary N) is 2. The maximum atomic E-state index is 11.7. The number of halogens is 1. The van der Waals surface area contributed by atoms with Crippen molar-refractivity contribution in [2.75, 3.05) is 10.6 Å². The highest BCUT2D eigenvalue weighted by Crippen LogP contribution is 2.17. The zero-order valence-electron chi connectivity index (χ0n) is 12.2. The molecule has 2 N–H and O–H groups in total. The summed E-state index contributed by atoms with van der Waals surface area (Å²) in [5.74, 6) is 0. The lowest BCUT2D eigenvalue weighted by atomic mass is 10.1. The highest BCUT2D eigenvalue weighted by atomic mass is 35.5. The van der Waals surface area contributed by atoms with Crippen LogP contribution in [0.5, 0.6) is 0 Å². The van der Waals surface area contributed by atoms with Crippen LogP contribution in [-0.4, -0.2) is 4.98 Å². The van der Waals surface area contributed by atoms with Crippen molar-refractivity contribution in [3.05, 3.63) is 85.4 Å². The summed E-state index contributed by atoms with van der Waals surface area (Å²) in [6.07, 6.45) is 3.36. The van der Waals surface area contributed by atoms with Crippen molar-refractivity contribution in [1.29, 1.82) is 0 Å². The molecule has 6 heteroatoms. The van der Waals surface area contributed by atoms with Gasteiger partial charge in [0, 0.05) is 30.5 Å². The van der Waals surface area contributed by atoms with E-state index < -0.39 is 10.9 Å². The van der Waals surface area contributed by atoms with E-state index in [1.54, 1.807) is 24.5 Å². The molecule has 116 valence electrons. The van der Waals surface area contributed by atoms with E-state index in [4.69, 9.17) is 11.6 Å². The molecule has 0 aliphatic carbocycles. The van der Waals surface area contributed by atoms with Crippen molar-refractivity contribution in [1.82, 2.24) is 4.98 Å². The van der Waals surface area contributed by atoms with Gasteiger partial charge < -0.3 is 10.6 Å². The van der Waals surface area contributed by atoms with Crippen molar-refractivity contribution >= 4 is 23.0 Å². The molecule has 0 aliphatic rings. The Morgan fingerprint density at radius 1 is 0.783 bits per heavy atom. The average Bonchev–Trinajstić information content (AvgIpc) is 2.59. The molecular formula is C17H14ClN3O2. The fourth-order valence-electron chi connectivity index (χ4n) is 2.21. The molecule has 0 spiro atoms. The molecule has 0 saturated heterocycles. The molecule has 0 amide bonds. The first-order valence-electron chi connectivity index (χ1n) is 7.09. The van der Waals surface area contributed by atoms with Gasteiger partial charge in [-0.3, -0.25) is 14.6 Å². The van der Waals surface area contributed by atoms with Gasteiger partial charge in [-0.15, -0.1) is 0 Å². The largest absolute Gasteiger partial charge is 0.376 e. The van der Waals surface area contributed by atoms with Crippen molar-refractivity contribution in [3.8, 4) is 0 Å². The Bertz CT molecular complexity index is 869. The van der Waals surface area contributed by atoms with Crippen molar-refractivity contribution in [3.63, 3.8) is 0 Å². The molecule has 0 fully saturated rings. The van der Waals surface area contributed by atoms with Gasteiger partial charge in [-0.05, 0) is 35.4 Å². The predicted octanol–water partition coefficient (Wildman–Crippen LogP) is 2.56. The fourth-order valence-corrected chi connectivity index (χ4v) is 2.34. The van der Waals surface area contributed by atoms with E-state index in [-0.39, 0.29) is 0 Å². The summed E-state index contributed by atoms with van der Waals surface area (Å²) < 4.78 is 0. The quantitative estimate of drug-likeness (QED) is 0.681. The van der Waals surface area contributed by atoms with Gasteiger partial charge in [-0.1, -0.05) is 23.7 Å². The lowest BCUT2D eigenvalue weighted by Gasteiger charge is -2.15. The van der Waals surface area contributed by atoms with Crippen LogP contribution in [0.25, 0.3) is 0 Å². The van der Waals surface area contributed by atoms with Crippen LogP contribution in [-0.2, 0) is 13.1 Å². The van der Waals surface area contributed by atoms with Crippen LogP contribution in [0.15, 0.2) is 58.4 Å². The Morgan fingerprint density at radius 2 is 1.26 bits per heavy atom. The van der Waals surface area contributed by atoms with Crippen LogP contribution in [0.3, 0.4) is 0 Å².